The first-order valence-electron chi connectivity index (χ1n) is 7.99. The number of rotatable bonds is 1. The van der Waals surface area contributed by atoms with Gasteiger partial charge in [0, 0.05) is 12.4 Å². The normalized spacial score (nSPS) is 29.9. The Morgan fingerprint density at radius 3 is 2.65 bits per heavy atom. The summed E-state index contributed by atoms with van der Waals surface area (Å²) >= 11 is 0. The summed E-state index contributed by atoms with van der Waals surface area (Å²) in [6.45, 7) is 11.6. The number of hydrogen-bond donors (Lipinski definition) is 0. The van der Waals surface area contributed by atoms with Crippen molar-refractivity contribution in [3.05, 3.63) is 18.2 Å². The third-order valence-corrected chi connectivity index (χ3v) is 5.11. The van der Waals surface area contributed by atoms with E-state index in [4.69, 9.17) is 4.99 Å². The van der Waals surface area contributed by atoms with E-state index >= 15 is 0 Å². The van der Waals surface area contributed by atoms with Crippen LogP contribution in [0, 0.1) is 17.3 Å². The maximum atomic E-state index is 5.11. The lowest BCUT2D eigenvalue weighted by Gasteiger charge is -2.43. The molecule has 2 heterocycles. The minimum Gasteiger partial charge on any atom is -0.325 e. The molecule has 2 aliphatic rings. The largest absolute Gasteiger partial charge is 0.325 e. The fraction of sp³-hybridized carbons (Fsp3) is 0.765. The quantitative estimate of drug-likeness (QED) is 0.757. The van der Waals surface area contributed by atoms with E-state index < -0.39 is 0 Å². The van der Waals surface area contributed by atoms with Crippen molar-refractivity contribution in [2.45, 2.75) is 66.0 Å². The molecule has 1 fully saturated rings. The van der Waals surface area contributed by atoms with Gasteiger partial charge in [-0.15, -0.1) is 0 Å². The number of aromatic nitrogens is 2. The highest BCUT2D eigenvalue weighted by Crippen LogP contribution is 2.44. The van der Waals surface area contributed by atoms with Gasteiger partial charge in [0.2, 0.25) is 0 Å². The van der Waals surface area contributed by atoms with Gasteiger partial charge >= 0.3 is 0 Å². The second-order valence-electron chi connectivity index (χ2n) is 7.84. The van der Waals surface area contributed by atoms with Crippen molar-refractivity contribution in [2.75, 3.05) is 0 Å². The van der Waals surface area contributed by atoms with Gasteiger partial charge in [-0.2, -0.15) is 0 Å². The van der Waals surface area contributed by atoms with Crippen molar-refractivity contribution in [3.63, 3.8) is 0 Å². The van der Waals surface area contributed by atoms with E-state index in [1.165, 1.54) is 25.0 Å². The Labute approximate surface area is 122 Å². The Balaban J connectivity index is 1.94. The summed E-state index contributed by atoms with van der Waals surface area (Å²) in [5.41, 5.74) is 1.60. The molecule has 0 amide bonds. The molecule has 3 heteroatoms. The Hall–Kier alpha value is -1.12. The first-order chi connectivity index (χ1) is 9.38. The van der Waals surface area contributed by atoms with Gasteiger partial charge in [0.05, 0.1) is 17.8 Å². The van der Waals surface area contributed by atoms with Crippen LogP contribution in [-0.4, -0.2) is 21.3 Å². The van der Waals surface area contributed by atoms with E-state index in [9.17, 15) is 0 Å². The van der Waals surface area contributed by atoms with Gasteiger partial charge in [0.25, 0.3) is 0 Å². The topological polar surface area (TPSA) is 30.2 Å². The number of fused-ring (bicyclic) bond motifs is 3. The molecule has 1 aromatic rings. The van der Waals surface area contributed by atoms with Crippen LogP contribution in [0.4, 0.5) is 0 Å². The van der Waals surface area contributed by atoms with Crippen LogP contribution in [0.15, 0.2) is 17.4 Å². The number of imidazole rings is 1. The average Bonchev–Trinajstić information content (AvgIpc) is 2.84. The summed E-state index contributed by atoms with van der Waals surface area (Å²) in [6.07, 6.45) is 7.87. The van der Waals surface area contributed by atoms with Crippen LogP contribution >= 0.6 is 0 Å². The molecule has 0 aromatic carbocycles. The predicted molar refractivity (Wildman–Crippen MR) is 83.2 cm³/mol. The Morgan fingerprint density at radius 1 is 1.25 bits per heavy atom. The van der Waals surface area contributed by atoms with E-state index in [0.29, 0.717) is 23.4 Å². The minimum atomic E-state index is 0.397. The van der Waals surface area contributed by atoms with E-state index in [2.05, 4.69) is 50.4 Å². The third-order valence-electron chi connectivity index (χ3n) is 5.11. The van der Waals surface area contributed by atoms with Crippen molar-refractivity contribution < 1.29 is 0 Å². The molecule has 0 saturated heterocycles. The molecular weight excluding hydrogens is 246 g/mol. The van der Waals surface area contributed by atoms with Crippen LogP contribution in [0.2, 0.25) is 0 Å². The summed E-state index contributed by atoms with van der Waals surface area (Å²) in [5.74, 6) is 2.34. The molecule has 1 saturated carbocycles. The van der Waals surface area contributed by atoms with Gasteiger partial charge in [-0.3, -0.25) is 4.99 Å². The van der Waals surface area contributed by atoms with Crippen LogP contribution in [0.3, 0.4) is 0 Å². The highest BCUT2D eigenvalue weighted by molar-refractivity contribution is 5.99. The SMILES string of the molecule is CC(C)C1=N[C@@H]2CC(C(C)(C)C)CCC2n2ccnc21. The van der Waals surface area contributed by atoms with E-state index in [1.54, 1.807) is 0 Å². The molecule has 110 valence electrons. The first-order valence-corrected chi connectivity index (χ1v) is 7.99. The second-order valence-corrected chi connectivity index (χ2v) is 7.84. The molecule has 20 heavy (non-hydrogen) atoms. The van der Waals surface area contributed by atoms with Crippen LogP contribution in [-0.2, 0) is 0 Å². The number of nitrogens with zero attached hydrogens (tertiary/aromatic N) is 3. The second kappa shape index (κ2) is 4.71. The molecule has 0 radical (unpaired) electrons. The summed E-state index contributed by atoms with van der Waals surface area (Å²) in [7, 11) is 0. The van der Waals surface area contributed by atoms with Crippen molar-refractivity contribution in [1.82, 2.24) is 9.55 Å². The van der Waals surface area contributed by atoms with Crippen molar-refractivity contribution in [3.8, 4) is 0 Å². The fourth-order valence-corrected chi connectivity index (χ4v) is 3.80. The number of hydrogen-bond acceptors (Lipinski definition) is 2. The Bertz CT molecular complexity index is 519. The van der Waals surface area contributed by atoms with Gasteiger partial charge in [-0.25, -0.2) is 4.98 Å². The maximum absolute atomic E-state index is 5.11. The fourth-order valence-electron chi connectivity index (χ4n) is 3.80. The van der Waals surface area contributed by atoms with Crippen LogP contribution in [0.25, 0.3) is 0 Å². The van der Waals surface area contributed by atoms with Crippen LogP contribution < -0.4 is 0 Å². The van der Waals surface area contributed by atoms with Crippen LogP contribution in [0.1, 0.15) is 65.7 Å². The zero-order valence-electron chi connectivity index (χ0n) is 13.4. The molecule has 0 bridgehead atoms. The van der Waals surface area contributed by atoms with E-state index in [1.807, 2.05) is 6.20 Å². The van der Waals surface area contributed by atoms with Gasteiger partial charge in [0.15, 0.2) is 5.82 Å². The molecule has 0 spiro atoms. The highest BCUT2D eigenvalue weighted by atomic mass is 15.2. The molecule has 1 aromatic heterocycles. The van der Waals surface area contributed by atoms with Gasteiger partial charge in [-0.1, -0.05) is 34.6 Å². The third kappa shape index (κ3) is 2.21. The summed E-state index contributed by atoms with van der Waals surface area (Å²) in [6, 6.07) is 0.987. The zero-order chi connectivity index (χ0) is 14.5. The van der Waals surface area contributed by atoms with Crippen molar-refractivity contribution in [1.29, 1.82) is 0 Å². The van der Waals surface area contributed by atoms with Gasteiger partial charge in [-0.05, 0) is 36.5 Å². The van der Waals surface area contributed by atoms with Crippen molar-refractivity contribution in [2.24, 2.45) is 22.2 Å². The minimum absolute atomic E-state index is 0.397. The lowest BCUT2D eigenvalue weighted by atomic mass is 9.69. The van der Waals surface area contributed by atoms with E-state index in [-0.39, 0.29) is 0 Å². The summed E-state index contributed by atoms with van der Waals surface area (Å²) < 4.78 is 2.39. The van der Waals surface area contributed by atoms with Gasteiger partial charge in [0.1, 0.15) is 0 Å². The average molecular weight is 273 g/mol. The standard InChI is InChI=1S/C17H27N3/c1-11(2)15-16-18-8-9-20(16)14-7-6-12(17(3,4)5)10-13(14)19-15/h8-9,11-14H,6-7,10H2,1-5H3/t12?,13-,14?/m1/s1. The molecule has 3 rings (SSSR count). The summed E-state index contributed by atoms with van der Waals surface area (Å²) in [4.78, 5) is 9.66. The Morgan fingerprint density at radius 2 is 2.00 bits per heavy atom. The number of aliphatic imine (C=N–C) groups is 1. The lowest BCUT2D eigenvalue weighted by molar-refractivity contribution is 0.133. The molecular formula is C17H27N3. The maximum Gasteiger partial charge on any atom is 0.154 e. The predicted octanol–water partition coefficient (Wildman–Crippen LogP) is 4.10. The smallest absolute Gasteiger partial charge is 0.154 e. The molecule has 1 aliphatic heterocycles. The monoisotopic (exact) mass is 273 g/mol. The zero-order valence-corrected chi connectivity index (χ0v) is 13.4. The molecule has 0 N–H and O–H groups in total. The first kappa shape index (κ1) is 13.8. The molecule has 3 atom stereocenters. The van der Waals surface area contributed by atoms with Crippen LogP contribution in [0.5, 0.6) is 0 Å². The van der Waals surface area contributed by atoms with Gasteiger partial charge < -0.3 is 4.57 Å². The van der Waals surface area contributed by atoms with E-state index in [0.717, 1.165) is 11.7 Å². The summed E-state index contributed by atoms with van der Waals surface area (Å²) in [5, 5.41) is 0. The van der Waals surface area contributed by atoms with Crippen molar-refractivity contribution >= 4 is 5.71 Å². The molecule has 1 aliphatic carbocycles. The molecule has 2 unspecified atom stereocenters. The highest BCUT2D eigenvalue weighted by Gasteiger charge is 2.40. The molecule has 3 nitrogen and oxygen atoms in total. The lowest BCUT2D eigenvalue weighted by Crippen LogP contribution is -2.40. The Kier molecular flexibility index (Phi) is 3.26.